The maximum atomic E-state index is 12.1. The zero-order chi connectivity index (χ0) is 16.7. The first-order chi connectivity index (χ1) is 11.6. The number of furan rings is 2. The quantitative estimate of drug-likeness (QED) is 0.829. The molecule has 2 aromatic heterocycles. The number of nitrogens with zero attached hydrogens (tertiary/aromatic N) is 2. The Hall–Kier alpha value is -2.56. The Bertz CT molecular complexity index is 787. The van der Waals surface area contributed by atoms with Crippen molar-refractivity contribution >= 4 is 17.7 Å². The number of hydrazone groups is 1. The Morgan fingerprint density at radius 1 is 1.29 bits per heavy atom. The van der Waals surface area contributed by atoms with Gasteiger partial charge in [-0.2, -0.15) is 5.10 Å². The average Bonchev–Trinajstić information content (AvgIpc) is 3.26. The number of carbonyl (C=O) groups excluding carboxylic acids is 1. The Balaban J connectivity index is 1.77. The normalized spacial score (nSPS) is 28.1. The summed E-state index contributed by atoms with van der Waals surface area (Å²) in [5.74, 6) is 2.21. The molecule has 0 aromatic carbocycles. The predicted molar refractivity (Wildman–Crippen MR) is 90.0 cm³/mol. The number of fused-ring (bicyclic) bond motifs is 1. The van der Waals surface area contributed by atoms with Gasteiger partial charge < -0.3 is 8.83 Å². The molecule has 2 aliphatic rings. The lowest BCUT2D eigenvalue weighted by Gasteiger charge is -2.30. The maximum Gasteiger partial charge on any atom is 0.240 e. The lowest BCUT2D eigenvalue weighted by molar-refractivity contribution is -0.131. The first-order valence-electron chi connectivity index (χ1n) is 8.29. The second-order valence-electron chi connectivity index (χ2n) is 6.65. The van der Waals surface area contributed by atoms with Gasteiger partial charge in [-0.3, -0.25) is 4.79 Å². The van der Waals surface area contributed by atoms with E-state index in [1.807, 2.05) is 30.3 Å². The fourth-order valence-corrected chi connectivity index (χ4v) is 3.83. The number of hydrogen-bond donors (Lipinski definition) is 0. The molecule has 5 heteroatoms. The molecule has 3 atom stereocenters. The fraction of sp³-hybridized carbons (Fsp3) is 0.368. The van der Waals surface area contributed by atoms with Crippen LogP contribution < -0.4 is 0 Å². The monoisotopic (exact) mass is 324 g/mol. The van der Waals surface area contributed by atoms with Crippen LogP contribution in [0.25, 0.3) is 6.08 Å². The average molecular weight is 324 g/mol. The number of allylic oxidation sites excluding steroid dienone is 1. The van der Waals surface area contributed by atoms with Crippen molar-refractivity contribution in [3.63, 3.8) is 0 Å². The molecule has 1 fully saturated rings. The summed E-state index contributed by atoms with van der Waals surface area (Å²) >= 11 is 0. The molecule has 3 heterocycles. The molecule has 4 rings (SSSR count). The summed E-state index contributed by atoms with van der Waals surface area (Å²) in [5, 5.41) is 6.25. The van der Waals surface area contributed by atoms with Gasteiger partial charge >= 0.3 is 0 Å². The smallest absolute Gasteiger partial charge is 0.240 e. The molecule has 1 aliphatic carbocycles. The second-order valence-corrected chi connectivity index (χ2v) is 6.65. The molecule has 1 aliphatic heterocycles. The van der Waals surface area contributed by atoms with Crippen molar-refractivity contribution in [2.24, 2.45) is 16.9 Å². The molecule has 0 bridgehead atoms. The first kappa shape index (κ1) is 15.0. The summed E-state index contributed by atoms with van der Waals surface area (Å²) < 4.78 is 11.1. The van der Waals surface area contributed by atoms with Gasteiger partial charge in [0.2, 0.25) is 5.91 Å². The first-order valence-corrected chi connectivity index (χ1v) is 8.29. The van der Waals surface area contributed by atoms with Crippen molar-refractivity contribution in [1.29, 1.82) is 0 Å². The minimum absolute atomic E-state index is 0.0664. The highest BCUT2D eigenvalue weighted by molar-refractivity contribution is 6.07. The predicted octanol–water partition coefficient (Wildman–Crippen LogP) is 4.26. The highest BCUT2D eigenvalue weighted by atomic mass is 16.3. The molecular weight excluding hydrogens is 304 g/mol. The zero-order valence-corrected chi connectivity index (χ0v) is 13.8. The van der Waals surface area contributed by atoms with E-state index in [2.05, 4.69) is 12.0 Å². The van der Waals surface area contributed by atoms with Crippen LogP contribution in [-0.2, 0) is 4.79 Å². The van der Waals surface area contributed by atoms with Gasteiger partial charge in [-0.05, 0) is 54.7 Å². The topological polar surface area (TPSA) is 59.0 Å². The molecule has 0 saturated heterocycles. The van der Waals surface area contributed by atoms with Crippen LogP contribution >= 0.6 is 0 Å². The molecule has 1 saturated carbocycles. The highest BCUT2D eigenvalue weighted by Crippen LogP contribution is 2.46. The van der Waals surface area contributed by atoms with E-state index >= 15 is 0 Å². The van der Waals surface area contributed by atoms with Crippen LogP contribution in [0.3, 0.4) is 0 Å². The van der Waals surface area contributed by atoms with E-state index in [4.69, 9.17) is 8.83 Å². The van der Waals surface area contributed by atoms with Crippen molar-refractivity contribution in [2.45, 2.75) is 32.7 Å². The molecule has 124 valence electrons. The number of rotatable bonds is 2. The van der Waals surface area contributed by atoms with E-state index in [9.17, 15) is 4.79 Å². The zero-order valence-electron chi connectivity index (χ0n) is 13.8. The van der Waals surface area contributed by atoms with Gasteiger partial charge in [-0.15, -0.1) is 0 Å². The molecule has 5 nitrogen and oxygen atoms in total. The second kappa shape index (κ2) is 5.82. The van der Waals surface area contributed by atoms with Gasteiger partial charge in [-0.1, -0.05) is 6.92 Å². The SMILES string of the molecule is CC(=O)N1N=C2/C(=C/c3ccco3)C[C@H](C)C[C@H]2[C@H]1c1ccco1. The van der Waals surface area contributed by atoms with Crippen LogP contribution in [0.1, 0.15) is 44.3 Å². The third-order valence-electron chi connectivity index (χ3n) is 4.78. The third-order valence-corrected chi connectivity index (χ3v) is 4.78. The van der Waals surface area contributed by atoms with Gasteiger partial charge in [0.25, 0.3) is 0 Å². The summed E-state index contributed by atoms with van der Waals surface area (Å²) in [6.07, 6.45) is 7.29. The number of amides is 1. The lowest BCUT2D eigenvalue weighted by Crippen LogP contribution is -2.32. The van der Waals surface area contributed by atoms with Gasteiger partial charge in [-0.25, -0.2) is 5.01 Å². The Morgan fingerprint density at radius 3 is 2.75 bits per heavy atom. The number of carbonyl (C=O) groups is 1. The van der Waals surface area contributed by atoms with Crippen LogP contribution in [0, 0.1) is 11.8 Å². The molecule has 2 aromatic rings. The minimum Gasteiger partial charge on any atom is -0.467 e. The van der Waals surface area contributed by atoms with Crippen molar-refractivity contribution in [1.82, 2.24) is 5.01 Å². The maximum absolute atomic E-state index is 12.1. The Morgan fingerprint density at radius 2 is 2.08 bits per heavy atom. The van der Waals surface area contributed by atoms with E-state index in [0.29, 0.717) is 5.92 Å². The molecule has 0 spiro atoms. The van der Waals surface area contributed by atoms with Gasteiger partial charge in [0.1, 0.15) is 17.6 Å². The van der Waals surface area contributed by atoms with Gasteiger partial charge in [0.15, 0.2) is 0 Å². The van der Waals surface area contributed by atoms with E-state index in [1.165, 1.54) is 0 Å². The van der Waals surface area contributed by atoms with Crippen molar-refractivity contribution in [3.05, 3.63) is 53.9 Å². The van der Waals surface area contributed by atoms with Gasteiger partial charge in [0, 0.05) is 12.8 Å². The molecule has 0 radical (unpaired) electrons. The summed E-state index contributed by atoms with van der Waals surface area (Å²) in [6.45, 7) is 3.79. The standard InChI is InChI=1S/C19H20N2O3/c1-12-9-14(11-15-5-3-7-23-15)18-16(10-12)19(17-6-4-8-24-17)21(20-18)13(2)22/h3-8,11-12,16,19H,9-10H2,1-2H3/b14-11+/t12-,16+,19-/m0/s1. The summed E-state index contributed by atoms with van der Waals surface area (Å²) in [7, 11) is 0. The van der Waals surface area contributed by atoms with E-state index in [1.54, 1.807) is 24.5 Å². The van der Waals surface area contributed by atoms with E-state index in [-0.39, 0.29) is 17.9 Å². The van der Waals surface area contributed by atoms with Crippen LogP contribution in [0.5, 0.6) is 0 Å². The Labute approximate surface area is 140 Å². The minimum atomic E-state index is -0.157. The molecule has 0 unspecified atom stereocenters. The largest absolute Gasteiger partial charge is 0.467 e. The lowest BCUT2D eigenvalue weighted by atomic mass is 9.74. The molecule has 1 amide bonds. The van der Waals surface area contributed by atoms with Crippen molar-refractivity contribution < 1.29 is 13.6 Å². The van der Waals surface area contributed by atoms with Crippen molar-refractivity contribution in [2.75, 3.05) is 0 Å². The summed E-state index contributed by atoms with van der Waals surface area (Å²) in [4.78, 5) is 12.1. The summed E-state index contributed by atoms with van der Waals surface area (Å²) in [6, 6.07) is 7.44. The van der Waals surface area contributed by atoms with E-state index < -0.39 is 0 Å². The molecular formula is C19H20N2O3. The highest BCUT2D eigenvalue weighted by Gasteiger charge is 2.45. The molecule has 24 heavy (non-hydrogen) atoms. The third kappa shape index (κ3) is 2.50. The fourth-order valence-electron chi connectivity index (χ4n) is 3.83. The van der Waals surface area contributed by atoms with Crippen molar-refractivity contribution in [3.8, 4) is 0 Å². The van der Waals surface area contributed by atoms with E-state index in [0.717, 1.165) is 35.6 Å². The molecule has 0 N–H and O–H groups in total. The van der Waals surface area contributed by atoms with Crippen LogP contribution in [0.15, 0.2) is 56.3 Å². The van der Waals surface area contributed by atoms with Crippen LogP contribution in [-0.4, -0.2) is 16.6 Å². The number of hydrogen-bond acceptors (Lipinski definition) is 4. The Kier molecular flexibility index (Phi) is 3.63. The van der Waals surface area contributed by atoms with Crippen LogP contribution in [0.2, 0.25) is 0 Å². The summed E-state index contributed by atoms with van der Waals surface area (Å²) in [5.41, 5.74) is 2.13. The van der Waals surface area contributed by atoms with Crippen LogP contribution in [0.4, 0.5) is 0 Å². The van der Waals surface area contributed by atoms with Gasteiger partial charge in [0.05, 0.1) is 18.2 Å².